The van der Waals surface area contributed by atoms with Crippen molar-refractivity contribution in [2.24, 2.45) is 5.10 Å². The molecule has 27 heavy (non-hydrogen) atoms. The van der Waals surface area contributed by atoms with E-state index in [1.807, 2.05) is 49.4 Å². The first-order chi connectivity index (χ1) is 13.1. The Balaban J connectivity index is 1.60. The number of H-pyrrole nitrogens is 1. The number of aromatic nitrogens is 5. The summed E-state index contributed by atoms with van der Waals surface area (Å²) >= 11 is 11.5. The van der Waals surface area contributed by atoms with Crippen LogP contribution >= 0.6 is 23.8 Å². The van der Waals surface area contributed by atoms with Crippen LogP contribution in [0.1, 0.15) is 17.2 Å². The molecule has 0 fully saturated rings. The second-order valence-electron chi connectivity index (χ2n) is 6.07. The molecule has 0 atom stereocenters. The van der Waals surface area contributed by atoms with Crippen LogP contribution in [-0.4, -0.2) is 30.6 Å². The first-order valence-electron chi connectivity index (χ1n) is 8.50. The lowest BCUT2D eigenvalue weighted by molar-refractivity contribution is 0.643. The van der Waals surface area contributed by atoms with Crippen LogP contribution < -0.4 is 0 Å². The smallest absolute Gasteiger partial charge is 0.216 e. The van der Waals surface area contributed by atoms with Gasteiger partial charge in [0.05, 0.1) is 17.2 Å². The third-order valence-corrected chi connectivity index (χ3v) is 4.95. The maximum absolute atomic E-state index is 6.19. The van der Waals surface area contributed by atoms with Gasteiger partial charge in [-0.2, -0.15) is 14.9 Å². The van der Waals surface area contributed by atoms with Crippen LogP contribution in [0.15, 0.2) is 53.6 Å². The number of hydrogen-bond acceptors (Lipinski definition) is 4. The van der Waals surface area contributed by atoms with E-state index in [4.69, 9.17) is 23.8 Å². The molecule has 1 N–H and O–H groups in total. The number of aryl methyl sites for hydroxylation is 3. The molecular weight excluding hydrogens is 380 g/mol. The predicted octanol–water partition coefficient (Wildman–Crippen LogP) is 4.38. The van der Waals surface area contributed by atoms with E-state index in [1.54, 1.807) is 10.9 Å². The summed E-state index contributed by atoms with van der Waals surface area (Å²) in [7, 11) is 0. The average Bonchev–Trinajstić information content (AvgIpc) is 3.18. The molecule has 4 rings (SSSR count). The van der Waals surface area contributed by atoms with Crippen LogP contribution in [0.5, 0.6) is 0 Å². The predicted molar refractivity (Wildman–Crippen MR) is 110 cm³/mol. The van der Waals surface area contributed by atoms with Gasteiger partial charge < -0.3 is 4.57 Å². The number of benzene rings is 2. The Kier molecular flexibility index (Phi) is 4.87. The number of hydrogen-bond donors (Lipinski definition) is 1. The number of imidazole rings is 1. The number of rotatable bonds is 5. The molecule has 0 spiro atoms. The fraction of sp³-hybridized carbons (Fsp3) is 0.158. The van der Waals surface area contributed by atoms with Crippen molar-refractivity contribution in [2.75, 3.05) is 0 Å². The topological polar surface area (TPSA) is 63.8 Å². The Morgan fingerprint density at radius 2 is 1.96 bits per heavy atom. The van der Waals surface area contributed by atoms with E-state index >= 15 is 0 Å². The minimum absolute atomic E-state index is 0.445. The lowest BCUT2D eigenvalue weighted by Crippen LogP contribution is -2.07. The quantitative estimate of drug-likeness (QED) is 0.402. The van der Waals surface area contributed by atoms with Crippen LogP contribution in [0.25, 0.3) is 11.0 Å². The SMILES string of the molecule is Cc1nc2ccccc2n1CCc1n[nH]c(=S)n1N=Cc1ccccc1Cl. The van der Waals surface area contributed by atoms with Crippen LogP contribution in [0.3, 0.4) is 0 Å². The molecule has 0 radical (unpaired) electrons. The highest BCUT2D eigenvalue weighted by Crippen LogP contribution is 2.16. The molecule has 8 heteroatoms. The van der Waals surface area contributed by atoms with Gasteiger partial charge in [0, 0.05) is 23.6 Å². The largest absolute Gasteiger partial charge is 0.328 e. The maximum Gasteiger partial charge on any atom is 0.216 e. The van der Waals surface area contributed by atoms with Gasteiger partial charge in [-0.05, 0) is 37.3 Å². The molecule has 0 saturated heterocycles. The number of halogens is 1. The number of nitrogens with one attached hydrogen (secondary N) is 1. The molecule has 2 heterocycles. The molecular formula is C19H17ClN6S. The Labute approximate surface area is 166 Å². The van der Waals surface area contributed by atoms with Crippen LogP contribution in [0.2, 0.25) is 5.02 Å². The molecule has 0 aliphatic carbocycles. The van der Waals surface area contributed by atoms with E-state index < -0.39 is 0 Å². The summed E-state index contributed by atoms with van der Waals surface area (Å²) in [5.41, 5.74) is 2.92. The van der Waals surface area contributed by atoms with E-state index in [2.05, 4.69) is 30.9 Å². The molecule has 0 bridgehead atoms. The summed E-state index contributed by atoms with van der Waals surface area (Å²) in [6, 6.07) is 15.6. The van der Waals surface area contributed by atoms with E-state index in [-0.39, 0.29) is 0 Å². The Hall–Kier alpha value is -2.77. The number of para-hydroxylation sites is 2. The van der Waals surface area contributed by atoms with Gasteiger partial charge in [-0.15, -0.1) is 0 Å². The summed E-state index contributed by atoms with van der Waals surface area (Å²) < 4.78 is 4.25. The highest BCUT2D eigenvalue weighted by molar-refractivity contribution is 7.71. The molecule has 0 aliphatic rings. The van der Waals surface area contributed by atoms with Crippen LogP contribution in [0, 0.1) is 11.7 Å². The molecule has 2 aromatic heterocycles. The van der Waals surface area contributed by atoms with Crippen molar-refractivity contribution >= 4 is 41.1 Å². The van der Waals surface area contributed by atoms with E-state index in [0.717, 1.165) is 34.8 Å². The van der Waals surface area contributed by atoms with Gasteiger partial charge in [0.1, 0.15) is 5.82 Å². The Morgan fingerprint density at radius 3 is 2.81 bits per heavy atom. The van der Waals surface area contributed by atoms with Crippen molar-refractivity contribution in [3.8, 4) is 0 Å². The van der Waals surface area contributed by atoms with Gasteiger partial charge in [0.2, 0.25) is 4.77 Å². The van der Waals surface area contributed by atoms with Crippen molar-refractivity contribution in [3.63, 3.8) is 0 Å². The lowest BCUT2D eigenvalue weighted by atomic mass is 10.2. The summed E-state index contributed by atoms with van der Waals surface area (Å²) in [5, 5.41) is 12.2. The first-order valence-corrected chi connectivity index (χ1v) is 9.29. The molecule has 0 unspecified atom stereocenters. The average molecular weight is 397 g/mol. The molecule has 6 nitrogen and oxygen atoms in total. The Morgan fingerprint density at radius 1 is 1.19 bits per heavy atom. The van der Waals surface area contributed by atoms with Gasteiger partial charge in [-0.1, -0.05) is 41.9 Å². The molecule has 2 aromatic carbocycles. The van der Waals surface area contributed by atoms with E-state index in [9.17, 15) is 0 Å². The zero-order valence-corrected chi connectivity index (χ0v) is 16.2. The van der Waals surface area contributed by atoms with Crippen LogP contribution in [0.4, 0.5) is 0 Å². The van der Waals surface area contributed by atoms with Gasteiger partial charge >= 0.3 is 0 Å². The molecule has 0 amide bonds. The van der Waals surface area contributed by atoms with E-state index in [0.29, 0.717) is 16.2 Å². The standard InChI is InChI=1S/C19H17ClN6S/c1-13-22-16-8-4-5-9-17(16)25(13)11-10-18-23-24-19(27)26(18)21-12-14-6-2-3-7-15(14)20/h2-9,12H,10-11H2,1H3,(H,24,27). The van der Waals surface area contributed by atoms with Gasteiger partial charge in [-0.25, -0.2) is 4.98 Å². The van der Waals surface area contributed by atoms with Gasteiger partial charge in [0.15, 0.2) is 5.82 Å². The maximum atomic E-state index is 6.19. The number of aromatic amines is 1. The lowest BCUT2D eigenvalue weighted by Gasteiger charge is -2.06. The van der Waals surface area contributed by atoms with Crippen molar-refractivity contribution in [3.05, 3.63) is 75.5 Å². The third kappa shape index (κ3) is 3.56. The zero-order chi connectivity index (χ0) is 18.8. The number of nitrogens with zero attached hydrogens (tertiary/aromatic N) is 5. The third-order valence-electron chi connectivity index (χ3n) is 4.34. The molecule has 136 valence electrons. The fourth-order valence-corrected chi connectivity index (χ4v) is 3.38. The second kappa shape index (κ2) is 7.46. The summed E-state index contributed by atoms with van der Waals surface area (Å²) in [6.07, 6.45) is 2.35. The summed E-state index contributed by atoms with van der Waals surface area (Å²) in [4.78, 5) is 4.60. The fourth-order valence-electron chi connectivity index (χ4n) is 2.99. The second-order valence-corrected chi connectivity index (χ2v) is 6.87. The van der Waals surface area contributed by atoms with Crippen LogP contribution in [-0.2, 0) is 13.0 Å². The van der Waals surface area contributed by atoms with Gasteiger partial charge in [-0.3, -0.25) is 5.10 Å². The normalized spacial score (nSPS) is 11.6. The summed E-state index contributed by atoms with van der Waals surface area (Å²) in [6.45, 7) is 2.74. The van der Waals surface area contributed by atoms with Crippen molar-refractivity contribution in [2.45, 2.75) is 19.9 Å². The molecule has 4 aromatic rings. The molecule has 0 saturated carbocycles. The van der Waals surface area contributed by atoms with Crippen molar-refractivity contribution in [1.29, 1.82) is 0 Å². The minimum Gasteiger partial charge on any atom is -0.328 e. The number of fused-ring (bicyclic) bond motifs is 1. The van der Waals surface area contributed by atoms with E-state index in [1.165, 1.54) is 0 Å². The molecule has 0 aliphatic heterocycles. The Bertz CT molecular complexity index is 1190. The monoisotopic (exact) mass is 396 g/mol. The minimum atomic E-state index is 0.445. The highest BCUT2D eigenvalue weighted by atomic mass is 35.5. The highest BCUT2D eigenvalue weighted by Gasteiger charge is 2.10. The first kappa shape index (κ1) is 17.6. The van der Waals surface area contributed by atoms with Crippen molar-refractivity contribution in [1.82, 2.24) is 24.4 Å². The van der Waals surface area contributed by atoms with Crippen molar-refractivity contribution < 1.29 is 0 Å². The summed E-state index contributed by atoms with van der Waals surface area (Å²) in [5.74, 6) is 1.72. The zero-order valence-electron chi connectivity index (χ0n) is 14.6. The van der Waals surface area contributed by atoms with Gasteiger partial charge in [0.25, 0.3) is 0 Å².